The number of hydrogen-bond acceptors (Lipinski definition) is 1. The fourth-order valence-corrected chi connectivity index (χ4v) is 1.53. The van der Waals surface area contributed by atoms with E-state index in [0.717, 1.165) is 31.3 Å². The molecule has 14 heavy (non-hydrogen) atoms. The zero-order valence-corrected chi connectivity index (χ0v) is 11.1. The molecule has 0 rings (SSSR count). The van der Waals surface area contributed by atoms with Gasteiger partial charge in [0.2, 0.25) is 5.91 Å². The maximum atomic E-state index is 11.8. The molecule has 0 saturated heterocycles. The lowest BCUT2D eigenvalue weighted by atomic mass is 10.0. The van der Waals surface area contributed by atoms with Gasteiger partial charge in [-0.15, -0.1) is 0 Å². The van der Waals surface area contributed by atoms with Crippen molar-refractivity contribution in [3.8, 4) is 0 Å². The molecule has 2 nitrogen and oxygen atoms in total. The first-order valence-corrected chi connectivity index (χ1v) is 6.61. The van der Waals surface area contributed by atoms with Gasteiger partial charge < -0.3 is 4.90 Å². The van der Waals surface area contributed by atoms with E-state index in [4.69, 9.17) is 0 Å². The van der Waals surface area contributed by atoms with Crippen LogP contribution in [0.1, 0.15) is 40.0 Å². The van der Waals surface area contributed by atoms with E-state index in [0.29, 0.717) is 18.2 Å². The highest BCUT2D eigenvalue weighted by Crippen LogP contribution is 2.09. The molecule has 0 N–H and O–H groups in total. The summed E-state index contributed by atoms with van der Waals surface area (Å²) in [6, 6.07) is 0. The van der Waals surface area contributed by atoms with E-state index in [-0.39, 0.29) is 0 Å². The van der Waals surface area contributed by atoms with Crippen molar-refractivity contribution in [3.63, 3.8) is 0 Å². The summed E-state index contributed by atoms with van der Waals surface area (Å²) in [7, 11) is 0. The van der Waals surface area contributed by atoms with Crippen molar-refractivity contribution in [1.82, 2.24) is 4.90 Å². The highest BCUT2D eigenvalue weighted by molar-refractivity contribution is 9.09. The van der Waals surface area contributed by atoms with Crippen LogP contribution in [0.25, 0.3) is 0 Å². The van der Waals surface area contributed by atoms with E-state index < -0.39 is 0 Å². The third-order valence-electron chi connectivity index (χ3n) is 2.52. The van der Waals surface area contributed by atoms with Crippen molar-refractivity contribution in [2.24, 2.45) is 5.92 Å². The van der Waals surface area contributed by atoms with Gasteiger partial charge in [0.1, 0.15) is 0 Å². The molecule has 0 aliphatic rings. The van der Waals surface area contributed by atoms with Crippen molar-refractivity contribution in [1.29, 1.82) is 0 Å². The lowest BCUT2D eigenvalue weighted by Crippen LogP contribution is -2.32. The molecule has 0 heterocycles. The minimum absolute atomic E-state index is 0.308. The topological polar surface area (TPSA) is 20.3 Å². The highest BCUT2D eigenvalue weighted by atomic mass is 79.9. The largest absolute Gasteiger partial charge is 0.343 e. The average molecular weight is 264 g/mol. The summed E-state index contributed by atoms with van der Waals surface area (Å²) in [5.74, 6) is 0.823. The molecule has 0 aliphatic carbocycles. The van der Waals surface area contributed by atoms with Gasteiger partial charge in [-0.2, -0.15) is 0 Å². The molecule has 3 heteroatoms. The monoisotopic (exact) mass is 263 g/mol. The van der Waals surface area contributed by atoms with E-state index in [9.17, 15) is 4.79 Å². The molecule has 1 atom stereocenters. The summed E-state index contributed by atoms with van der Waals surface area (Å²) in [6.07, 6.45) is 2.83. The Bertz CT molecular complexity index is 161. The van der Waals surface area contributed by atoms with Crippen molar-refractivity contribution >= 4 is 21.8 Å². The van der Waals surface area contributed by atoms with Crippen LogP contribution in [0, 0.1) is 5.92 Å². The van der Waals surface area contributed by atoms with E-state index in [1.165, 1.54) is 0 Å². The highest BCUT2D eigenvalue weighted by Gasteiger charge is 2.13. The fraction of sp³-hybridized carbons (Fsp3) is 0.909. The van der Waals surface area contributed by atoms with Gasteiger partial charge in [0.25, 0.3) is 0 Å². The van der Waals surface area contributed by atoms with Crippen LogP contribution in [0.2, 0.25) is 0 Å². The summed E-state index contributed by atoms with van der Waals surface area (Å²) in [5.41, 5.74) is 0. The number of nitrogens with zero attached hydrogens (tertiary/aromatic N) is 1. The summed E-state index contributed by atoms with van der Waals surface area (Å²) in [4.78, 5) is 13.7. The molecule has 0 aromatic rings. The molecule has 84 valence electrons. The van der Waals surface area contributed by atoms with Gasteiger partial charge in [0, 0.05) is 24.8 Å². The van der Waals surface area contributed by atoms with Crippen LogP contribution in [-0.2, 0) is 4.79 Å². The molecule has 0 spiro atoms. The SMILES string of the molecule is CCC(C)CC(=O)N(CC)CCCBr. The first-order chi connectivity index (χ1) is 6.65. The van der Waals surface area contributed by atoms with Gasteiger partial charge in [0.05, 0.1) is 0 Å². The summed E-state index contributed by atoms with van der Waals surface area (Å²) >= 11 is 3.38. The lowest BCUT2D eigenvalue weighted by Gasteiger charge is -2.22. The van der Waals surface area contributed by atoms with Crippen LogP contribution in [-0.4, -0.2) is 29.2 Å². The molecular formula is C11H22BrNO. The predicted octanol–water partition coefficient (Wildman–Crippen LogP) is 3.06. The third kappa shape index (κ3) is 5.63. The van der Waals surface area contributed by atoms with Crippen molar-refractivity contribution < 1.29 is 4.79 Å². The Morgan fingerprint density at radius 1 is 1.43 bits per heavy atom. The van der Waals surface area contributed by atoms with E-state index in [1.54, 1.807) is 0 Å². The molecule has 1 amide bonds. The zero-order valence-electron chi connectivity index (χ0n) is 9.55. The number of alkyl halides is 1. The molecular weight excluding hydrogens is 242 g/mol. The maximum absolute atomic E-state index is 11.8. The lowest BCUT2D eigenvalue weighted by molar-refractivity contribution is -0.131. The van der Waals surface area contributed by atoms with Gasteiger partial charge in [-0.05, 0) is 19.3 Å². The molecule has 0 aromatic carbocycles. The van der Waals surface area contributed by atoms with E-state index >= 15 is 0 Å². The smallest absolute Gasteiger partial charge is 0.222 e. The van der Waals surface area contributed by atoms with Crippen molar-refractivity contribution in [2.75, 3.05) is 18.4 Å². The van der Waals surface area contributed by atoms with Crippen LogP contribution < -0.4 is 0 Å². The minimum atomic E-state index is 0.308. The standard InChI is InChI=1S/C11H22BrNO/c1-4-10(3)9-11(14)13(5-2)8-6-7-12/h10H,4-9H2,1-3H3. The molecule has 0 saturated carbocycles. The van der Waals surface area contributed by atoms with Crippen LogP contribution >= 0.6 is 15.9 Å². The second kappa shape index (κ2) is 8.27. The Hall–Kier alpha value is -0.0500. The van der Waals surface area contributed by atoms with E-state index in [2.05, 4.69) is 29.8 Å². The van der Waals surface area contributed by atoms with Crippen molar-refractivity contribution in [3.05, 3.63) is 0 Å². The number of hydrogen-bond donors (Lipinski definition) is 0. The Kier molecular flexibility index (Phi) is 8.24. The van der Waals surface area contributed by atoms with Crippen LogP contribution in [0.3, 0.4) is 0 Å². The number of halogens is 1. The molecule has 0 aromatic heterocycles. The van der Waals surface area contributed by atoms with Gasteiger partial charge >= 0.3 is 0 Å². The second-order valence-electron chi connectivity index (χ2n) is 3.73. The second-order valence-corrected chi connectivity index (χ2v) is 4.53. The van der Waals surface area contributed by atoms with Crippen LogP contribution in [0.15, 0.2) is 0 Å². The molecule has 1 unspecified atom stereocenters. The van der Waals surface area contributed by atoms with Crippen molar-refractivity contribution in [2.45, 2.75) is 40.0 Å². The number of amides is 1. The summed E-state index contributed by atoms with van der Waals surface area (Å²) in [5, 5.41) is 0.972. The maximum Gasteiger partial charge on any atom is 0.222 e. The van der Waals surface area contributed by atoms with Crippen LogP contribution in [0.5, 0.6) is 0 Å². The number of rotatable bonds is 7. The quantitative estimate of drug-likeness (QED) is 0.647. The normalized spacial score (nSPS) is 12.6. The van der Waals surface area contributed by atoms with Gasteiger partial charge in [-0.1, -0.05) is 36.2 Å². The van der Waals surface area contributed by atoms with Gasteiger partial charge in [-0.3, -0.25) is 4.79 Å². The third-order valence-corrected chi connectivity index (χ3v) is 3.08. The Balaban J connectivity index is 3.90. The first kappa shape index (κ1) is 13.9. The number of carbonyl (C=O) groups excluding carboxylic acids is 1. The fourth-order valence-electron chi connectivity index (χ4n) is 1.28. The molecule has 0 fully saturated rings. The minimum Gasteiger partial charge on any atom is -0.343 e. The average Bonchev–Trinajstić information content (AvgIpc) is 2.18. The van der Waals surface area contributed by atoms with E-state index in [1.807, 2.05) is 11.8 Å². The zero-order chi connectivity index (χ0) is 11.0. The Labute approximate surface area is 96.2 Å². The van der Waals surface area contributed by atoms with Gasteiger partial charge in [0.15, 0.2) is 0 Å². The summed E-state index contributed by atoms with van der Waals surface area (Å²) in [6.45, 7) is 8.03. The Morgan fingerprint density at radius 2 is 2.07 bits per heavy atom. The number of carbonyl (C=O) groups is 1. The van der Waals surface area contributed by atoms with Crippen LogP contribution in [0.4, 0.5) is 0 Å². The Morgan fingerprint density at radius 3 is 2.50 bits per heavy atom. The molecule has 0 bridgehead atoms. The van der Waals surface area contributed by atoms with Gasteiger partial charge in [-0.25, -0.2) is 0 Å². The molecule has 0 aliphatic heterocycles. The first-order valence-electron chi connectivity index (χ1n) is 5.49. The molecule has 0 radical (unpaired) electrons. The predicted molar refractivity (Wildman–Crippen MR) is 64.7 cm³/mol. The summed E-state index contributed by atoms with van der Waals surface area (Å²) < 4.78 is 0.